The number of rotatable bonds is 4. The van der Waals surface area contributed by atoms with Crippen LogP contribution in [0.2, 0.25) is 5.02 Å². The molecule has 0 atom stereocenters. The molecule has 8 nitrogen and oxygen atoms in total. The third-order valence-corrected chi connectivity index (χ3v) is 5.52. The standard InChI is InChI=1S/C19H26ClN7O/c1-18(2,3)17-24-15(26-8-19(9-26)10-28-11-19)14(21)16(25-17)27(22)7-13-12(20)5-4-6-23-13/h4-6H,7-11,21-22H2,1-3H3. The van der Waals surface area contributed by atoms with Crippen molar-refractivity contribution in [2.24, 2.45) is 11.3 Å². The van der Waals surface area contributed by atoms with Crippen molar-refractivity contribution < 1.29 is 4.74 Å². The van der Waals surface area contributed by atoms with Gasteiger partial charge in [-0.25, -0.2) is 15.8 Å². The molecule has 2 aliphatic rings. The van der Waals surface area contributed by atoms with Gasteiger partial charge in [-0.1, -0.05) is 32.4 Å². The van der Waals surface area contributed by atoms with Crippen LogP contribution in [0.25, 0.3) is 0 Å². The van der Waals surface area contributed by atoms with Crippen molar-refractivity contribution in [1.82, 2.24) is 15.0 Å². The van der Waals surface area contributed by atoms with Crippen LogP contribution in [0.3, 0.4) is 0 Å². The highest BCUT2D eigenvalue weighted by Crippen LogP contribution is 2.43. The molecule has 4 N–H and O–H groups in total. The highest BCUT2D eigenvalue weighted by Gasteiger charge is 2.50. The summed E-state index contributed by atoms with van der Waals surface area (Å²) >= 11 is 6.24. The molecule has 28 heavy (non-hydrogen) atoms. The van der Waals surface area contributed by atoms with Crippen LogP contribution in [0.4, 0.5) is 17.3 Å². The van der Waals surface area contributed by atoms with Gasteiger partial charge in [0, 0.05) is 24.7 Å². The molecule has 0 bridgehead atoms. The molecule has 0 aliphatic carbocycles. The molecule has 4 heterocycles. The van der Waals surface area contributed by atoms with E-state index in [9.17, 15) is 0 Å². The number of halogens is 1. The Kier molecular flexibility index (Phi) is 4.60. The Morgan fingerprint density at radius 2 is 2.00 bits per heavy atom. The van der Waals surface area contributed by atoms with Gasteiger partial charge in [-0.2, -0.15) is 0 Å². The summed E-state index contributed by atoms with van der Waals surface area (Å²) < 4.78 is 5.37. The first kappa shape index (κ1) is 19.2. The lowest BCUT2D eigenvalue weighted by Crippen LogP contribution is -2.66. The fourth-order valence-electron chi connectivity index (χ4n) is 3.50. The lowest BCUT2D eigenvalue weighted by atomic mass is 9.78. The van der Waals surface area contributed by atoms with E-state index in [-0.39, 0.29) is 10.8 Å². The first-order valence-corrected chi connectivity index (χ1v) is 9.69. The Labute approximate surface area is 169 Å². The molecule has 0 unspecified atom stereocenters. The van der Waals surface area contributed by atoms with Gasteiger partial charge < -0.3 is 15.4 Å². The first-order valence-electron chi connectivity index (χ1n) is 9.31. The van der Waals surface area contributed by atoms with Crippen molar-refractivity contribution >= 4 is 28.9 Å². The van der Waals surface area contributed by atoms with Gasteiger partial charge >= 0.3 is 0 Å². The first-order chi connectivity index (χ1) is 13.2. The summed E-state index contributed by atoms with van der Waals surface area (Å²) in [4.78, 5) is 16.0. The van der Waals surface area contributed by atoms with Crippen molar-refractivity contribution in [1.29, 1.82) is 0 Å². The van der Waals surface area contributed by atoms with Gasteiger partial charge in [-0.15, -0.1) is 0 Å². The molecule has 2 fully saturated rings. The van der Waals surface area contributed by atoms with Crippen LogP contribution in [0, 0.1) is 5.41 Å². The van der Waals surface area contributed by atoms with Crippen molar-refractivity contribution in [2.75, 3.05) is 41.9 Å². The summed E-state index contributed by atoms with van der Waals surface area (Å²) in [6.45, 7) is 9.87. The number of aromatic nitrogens is 3. The Balaban J connectivity index is 1.67. The lowest BCUT2D eigenvalue weighted by Gasteiger charge is -2.55. The average molecular weight is 404 g/mol. The number of pyridine rings is 1. The Hall–Kier alpha value is -2.16. The normalized spacial score (nSPS) is 18.0. The minimum Gasteiger partial charge on any atom is -0.393 e. The number of nitrogens with zero attached hydrogens (tertiary/aromatic N) is 5. The highest BCUT2D eigenvalue weighted by molar-refractivity contribution is 6.31. The molecule has 4 rings (SSSR count). The van der Waals surface area contributed by atoms with E-state index >= 15 is 0 Å². The number of ether oxygens (including phenoxy) is 1. The molecule has 0 radical (unpaired) electrons. The lowest BCUT2D eigenvalue weighted by molar-refractivity contribution is -0.127. The van der Waals surface area contributed by atoms with Gasteiger partial charge in [-0.05, 0) is 12.1 Å². The number of hydrogen-bond acceptors (Lipinski definition) is 8. The number of hydrazine groups is 1. The summed E-state index contributed by atoms with van der Waals surface area (Å²) in [6, 6.07) is 3.57. The van der Waals surface area contributed by atoms with Crippen LogP contribution >= 0.6 is 11.6 Å². The Bertz CT molecular complexity index is 886. The SMILES string of the molecule is CC(C)(C)c1nc(N(N)Cc2ncccc2Cl)c(N)c(N2CC3(COC3)C2)n1. The van der Waals surface area contributed by atoms with E-state index in [2.05, 4.69) is 35.6 Å². The second kappa shape index (κ2) is 6.72. The molecule has 2 aromatic rings. The van der Waals surface area contributed by atoms with Crippen LogP contribution in [0.5, 0.6) is 0 Å². The van der Waals surface area contributed by atoms with Crippen molar-refractivity contribution in [3.8, 4) is 0 Å². The number of nitrogen functional groups attached to an aromatic ring is 1. The zero-order valence-corrected chi connectivity index (χ0v) is 17.2. The summed E-state index contributed by atoms with van der Waals surface area (Å²) in [5, 5.41) is 2.04. The monoisotopic (exact) mass is 403 g/mol. The smallest absolute Gasteiger partial charge is 0.172 e. The molecule has 0 saturated carbocycles. The van der Waals surface area contributed by atoms with E-state index in [0.29, 0.717) is 34.6 Å². The zero-order valence-electron chi connectivity index (χ0n) is 16.4. The molecule has 9 heteroatoms. The fourth-order valence-corrected chi connectivity index (χ4v) is 3.68. The summed E-state index contributed by atoms with van der Waals surface area (Å²) in [6.07, 6.45) is 1.69. The maximum atomic E-state index is 6.47. The van der Waals surface area contributed by atoms with Gasteiger partial charge in [0.1, 0.15) is 11.5 Å². The molecule has 150 valence electrons. The van der Waals surface area contributed by atoms with Crippen molar-refractivity contribution in [3.63, 3.8) is 0 Å². The van der Waals surface area contributed by atoms with Gasteiger partial charge in [-0.3, -0.25) is 9.99 Å². The summed E-state index contributed by atoms with van der Waals surface area (Å²) in [5.74, 6) is 8.27. The second-order valence-electron chi connectivity index (χ2n) is 8.77. The largest absolute Gasteiger partial charge is 0.393 e. The van der Waals surface area contributed by atoms with Gasteiger partial charge in [0.25, 0.3) is 0 Å². The van der Waals surface area contributed by atoms with Crippen LogP contribution < -0.4 is 21.5 Å². The number of nitrogens with two attached hydrogens (primary N) is 2. The van der Waals surface area contributed by atoms with Crippen LogP contribution in [-0.2, 0) is 16.7 Å². The van der Waals surface area contributed by atoms with E-state index in [0.717, 1.165) is 32.1 Å². The minimum atomic E-state index is -0.247. The molecule has 2 saturated heterocycles. The van der Waals surface area contributed by atoms with Gasteiger partial charge in [0.15, 0.2) is 11.6 Å². The molecule has 2 aliphatic heterocycles. The predicted molar refractivity (Wildman–Crippen MR) is 110 cm³/mol. The second-order valence-corrected chi connectivity index (χ2v) is 9.17. The topological polar surface area (TPSA) is 106 Å². The predicted octanol–water partition coefficient (Wildman–Crippen LogP) is 2.12. The molecular formula is C19H26ClN7O. The van der Waals surface area contributed by atoms with Crippen molar-refractivity contribution in [3.05, 3.63) is 34.9 Å². The highest BCUT2D eigenvalue weighted by atomic mass is 35.5. The Morgan fingerprint density at radius 3 is 2.57 bits per heavy atom. The van der Waals surface area contributed by atoms with E-state index in [1.54, 1.807) is 18.3 Å². The molecule has 0 amide bonds. The van der Waals surface area contributed by atoms with E-state index in [1.807, 2.05) is 0 Å². The Morgan fingerprint density at radius 1 is 1.29 bits per heavy atom. The molecule has 0 aromatic carbocycles. The van der Waals surface area contributed by atoms with Crippen LogP contribution in [0.1, 0.15) is 32.3 Å². The maximum absolute atomic E-state index is 6.47. The van der Waals surface area contributed by atoms with E-state index < -0.39 is 0 Å². The fraction of sp³-hybridized carbons (Fsp3) is 0.526. The summed E-state index contributed by atoms with van der Waals surface area (Å²) in [7, 11) is 0. The zero-order chi connectivity index (χ0) is 20.1. The number of anilines is 3. The maximum Gasteiger partial charge on any atom is 0.172 e. The minimum absolute atomic E-state index is 0.247. The summed E-state index contributed by atoms with van der Waals surface area (Å²) in [5.41, 5.74) is 7.61. The average Bonchev–Trinajstić information content (AvgIpc) is 2.54. The molecular weight excluding hydrogens is 378 g/mol. The molecule has 1 spiro atoms. The van der Waals surface area contributed by atoms with Crippen molar-refractivity contribution in [2.45, 2.75) is 32.7 Å². The van der Waals surface area contributed by atoms with E-state index in [4.69, 9.17) is 32.9 Å². The number of hydrogen-bond donors (Lipinski definition) is 2. The van der Waals surface area contributed by atoms with E-state index in [1.165, 1.54) is 5.01 Å². The van der Waals surface area contributed by atoms with Crippen LogP contribution in [-0.4, -0.2) is 41.3 Å². The molecule has 2 aromatic heterocycles. The van der Waals surface area contributed by atoms with Gasteiger partial charge in [0.2, 0.25) is 0 Å². The quantitative estimate of drug-likeness (QED) is 0.590. The van der Waals surface area contributed by atoms with Gasteiger partial charge in [0.05, 0.1) is 35.9 Å². The third kappa shape index (κ3) is 3.36. The third-order valence-electron chi connectivity index (χ3n) is 5.17. The van der Waals surface area contributed by atoms with Crippen LogP contribution in [0.15, 0.2) is 18.3 Å².